The first kappa shape index (κ1) is 27.0. The Hall–Kier alpha value is -2.03. The second-order valence-corrected chi connectivity index (χ2v) is 7.97. The van der Waals surface area contributed by atoms with Crippen molar-refractivity contribution in [1.29, 1.82) is 0 Å². The SMILES string of the molecule is CCOC(=O)CC(=O)c1cc(I)c(OC)cc1F.COc1cc(F)c(C(=O)O)cc1I. The van der Waals surface area contributed by atoms with Crippen LogP contribution in [0.5, 0.6) is 11.5 Å². The number of carbonyl (C=O) groups excluding carboxylic acids is 2. The maximum atomic E-state index is 13.6. The molecule has 0 saturated carbocycles. The lowest BCUT2D eigenvalue weighted by Gasteiger charge is -2.07. The first-order chi connectivity index (χ1) is 14.5. The summed E-state index contributed by atoms with van der Waals surface area (Å²) in [6, 6.07) is 4.78. The molecule has 0 saturated heterocycles. The maximum Gasteiger partial charge on any atom is 0.338 e. The van der Waals surface area contributed by atoms with Crippen LogP contribution in [0, 0.1) is 18.8 Å². The van der Waals surface area contributed by atoms with E-state index in [9.17, 15) is 23.2 Å². The molecule has 11 heteroatoms. The molecule has 2 rings (SSSR count). The van der Waals surface area contributed by atoms with E-state index < -0.39 is 35.8 Å². The monoisotopic (exact) mass is 662 g/mol. The molecule has 0 fully saturated rings. The minimum atomic E-state index is -1.28. The molecule has 0 spiro atoms. The van der Waals surface area contributed by atoms with Gasteiger partial charge < -0.3 is 19.3 Å². The van der Waals surface area contributed by atoms with Gasteiger partial charge in [0.05, 0.1) is 39.1 Å². The van der Waals surface area contributed by atoms with Crippen LogP contribution in [0.2, 0.25) is 0 Å². The first-order valence-corrected chi connectivity index (χ1v) is 10.7. The summed E-state index contributed by atoms with van der Waals surface area (Å²) in [6.45, 7) is 1.83. The number of carbonyl (C=O) groups is 3. The van der Waals surface area contributed by atoms with Crippen molar-refractivity contribution in [2.45, 2.75) is 13.3 Å². The van der Waals surface area contributed by atoms with Gasteiger partial charge in [-0.05, 0) is 64.2 Å². The summed E-state index contributed by atoms with van der Waals surface area (Å²) in [5, 5.41) is 8.57. The summed E-state index contributed by atoms with van der Waals surface area (Å²) >= 11 is 3.81. The van der Waals surface area contributed by atoms with Crippen LogP contribution in [0.25, 0.3) is 0 Å². The average Bonchev–Trinajstić information content (AvgIpc) is 2.71. The van der Waals surface area contributed by atoms with Gasteiger partial charge in [0, 0.05) is 12.1 Å². The van der Waals surface area contributed by atoms with Gasteiger partial charge in [0.25, 0.3) is 0 Å². The van der Waals surface area contributed by atoms with Crippen molar-refractivity contribution < 1.29 is 42.5 Å². The first-order valence-electron chi connectivity index (χ1n) is 8.53. The topological polar surface area (TPSA) is 99.1 Å². The number of Topliss-reactive ketones (excluding diaryl/α,β-unsaturated/α-hetero) is 1. The number of aromatic carboxylic acids is 1. The normalized spacial score (nSPS) is 9.90. The summed E-state index contributed by atoms with van der Waals surface area (Å²) in [5.41, 5.74) is -0.474. The number of carboxylic acid groups (broad SMARTS) is 1. The molecule has 0 amide bonds. The number of ketones is 1. The van der Waals surface area contributed by atoms with Crippen LogP contribution in [-0.4, -0.2) is 43.7 Å². The summed E-state index contributed by atoms with van der Waals surface area (Å²) in [5.74, 6) is -3.35. The zero-order valence-electron chi connectivity index (χ0n) is 16.6. The molecule has 0 aliphatic rings. The molecule has 168 valence electrons. The third-order valence-corrected chi connectivity index (χ3v) is 5.31. The minimum Gasteiger partial charge on any atom is -0.496 e. The number of carboxylic acids is 1. The largest absolute Gasteiger partial charge is 0.496 e. The highest BCUT2D eigenvalue weighted by molar-refractivity contribution is 14.1. The number of ether oxygens (including phenoxy) is 3. The zero-order valence-corrected chi connectivity index (χ0v) is 20.9. The van der Waals surface area contributed by atoms with Gasteiger partial charge in [-0.3, -0.25) is 9.59 Å². The standard InChI is InChI=1S/C12H12FIO4.C8H6FIO3/c1-3-18-12(16)6-10(15)7-4-9(14)11(17-2)5-8(7)13;1-13-7-3-5(9)4(8(11)12)2-6(7)10/h4-5H,3,6H2,1-2H3;2-3H,1H3,(H,11,12). The third-order valence-electron chi connectivity index (χ3n) is 3.62. The Morgan fingerprint density at radius 2 is 1.35 bits per heavy atom. The van der Waals surface area contributed by atoms with Crippen LogP contribution >= 0.6 is 45.2 Å². The lowest BCUT2D eigenvalue weighted by atomic mass is 10.1. The van der Waals surface area contributed by atoms with Gasteiger partial charge in [0.1, 0.15) is 29.6 Å². The molecule has 0 aliphatic heterocycles. The molecule has 0 aliphatic carbocycles. The molecule has 0 heterocycles. The molecule has 7 nitrogen and oxygen atoms in total. The van der Waals surface area contributed by atoms with E-state index in [1.807, 2.05) is 45.2 Å². The number of hydrogen-bond acceptors (Lipinski definition) is 6. The third kappa shape index (κ3) is 7.87. The highest BCUT2D eigenvalue weighted by Crippen LogP contribution is 2.25. The van der Waals surface area contributed by atoms with Crippen molar-refractivity contribution in [3.05, 3.63) is 54.2 Å². The quantitative estimate of drug-likeness (QED) is 0.199. The molecule has 0 radical (unpaired) electrons. The molecule has 2 aromatic carbocycles. The number of esters is 1. The fraction of sp³-hybridized carbons (Fsp3) is 0.250. The lowest BCUT2D eigenvalue weighted by Crippen LogP contribution is -2.13. The van der Waals surface area contributed by atoms with Crippen molar-refractivity contribution in [3.63, 3.8) is 0 Å². The van der Waals surface area contributed by atoms with Gasteiger partial charge in [-0.15, -0.1) is 0 Å². The molecule has 31 heavy (non-hydrogen) atoms. The Kier molecular flexibility index (Phi) is 11.1. The van der Waals surface area contributed by atoms with Crippen molar-refractivity contribution in [2.24, 2.45) is 0 Å². The highest BCUT2D eigenvalue weighted by atomic mass is 127. The van der Waals surface area contributed by atoms with E-state index in [0.29, 0.717) is 18.6 Å². The number of hydrogen-bond donors (Lipinski definition) is 1. The van der Waals surface area contributed by atoms with Crippen LogP contribution in [0.3, 0.4) is 0 Å². The lowest BCUT2D eigenvalue weighted by molar-refractivity contribution is -0.141. The van der Waals surface area contributed by atoms with Crippen molar-refractivity contribution >= 4 is 62.9 Å². The molecule has 2 aromatic rings. The number of rotatable bonds is 7. The highest BCUT2D eigenvalue weighted by Gasteiger charge is 2.19. The minimum absolute atomic E-state index is 0.131. The van der Waals surface area contributed by atoms with Gasteiger partial charge in [-0.1, -0.05) is 0 Å². The molecule has 1 N–H and O–H groups in total. The van der Waals surface area contributed by atoms with E-state index in [4.69, 9.17) is 14.6 Å². The predicted octanol–water partition coefficient (Wildman–Crippen LogP) is 4.71. The number of halogens is 4. The van der Waals surface area contributed by atoms with Gasteiger partial charge >= 0.3 is 11.9 Å². The van der Waals surface area contributed by atoms with Crippen LogP contribution in [0.1, 0.15) is 34.1 Å². The second kappa shape index (κ2) is 12.7. The predicted molar refractivity (Wildman–Crippen MR) is 124 cm³/mol. The van der Waals surface area contributed by atoms with Crippen LogP contribution < -0.4 is 9.47 Å². The summed E-state index contributed by atoms with van der Waals surface area (Å²) in [6.07, 6.45) is -0.465. The van der Waals surface area contributed by atoms with E-state index >= 15 is 0 Å². The number of methoxy groups -OCH3 is 2. The molecular weight excluding hydrogens is 644 g/mol. The summed E-state index contributed by atoms with van der Waals surface area (Å²) < 4.78 is 42.2. The number of benzene rings is 2. The van der Waals surface area contributed by atoms with E-state index in [1.165, 1.54) is 26.4 Å². The Labute approximate surface area is 204 Å². The van der Waals surface area contributed by atoms with E-state index in [-0.39, 0.29) is 17.7 Å². The van der Waals surface area contributed by atoms with Gasteiger partial charge in [0.15, 0.2) is 5.78 Å². The molecule has 0 aromatic heterocycles. The van der Waals surface area contributed by atoms with E-state index in [1.54, 1.807) is 6.92 Å². The van der Waals surface area contributed by atoms with Crippen molar-refractivity contribution in [3.8, 4) is 11.5 Å². The Morgan fingerprint density at radius 1 is 0.903 bits per heavy atom. The van der Waals surface area contributed by atoms with Gasteiger partial charge in [0.2, 0.25) is 0 Å². The van der Waals surface area contributed by atoms with E-state index in [2.05, 4.69) is 4.74 Å². The summed E-state index contributed by atoms with van der Waals surface area (Å²) in [7, 11) is 2.81. The van der Waals surface area contributed by atoms with Crippen molar-refractivity contribution in [2.75, 3.05) is 20.8 Å². The van der Waals surface area contributed by atoms with Crippen molar-refractivity contribution in [1.82, 2.24) is 0 Å². The fourth-order valence-electron chi connectivity index (χ4n) is 2.19. The second-order valence-electron chi connectivity index (χ2n) is 5.64. The van der Waals surface area contributed by atoms with Gasteiger partial charge in [-0.2, -0.15) is 0 Å². The molecule has 0 bridgehead atoms. The Morgan fingerprint density at radius 3 is 1.77 bits per heavy atom. The Bertz CT molecular complexity index is 980. The van der Waals surface area contributed by atoms with E-state index in [0.717, 1.165) is 12.1 Å². The molecule has 0 unspecified atom stereocenters. The Balaban J connectivity index is 0.000000327. The molecular formula is C20H18F2I2O7. The maximum absolute atomic E-state index is 13.6. The molecule has 0 atom stereocenters. The van der Waals surface area contributed by atoms with Crippen LogP contribution in [0.4, 0.5) is 8.78 Å². The van der Waals surface area contributed by atoms with Gasteiger partial charge in [-0.25, -0.2) is 13.6 Å². The fourth-order valence-corrected chi connectivity index (χ4v) is 3.56. The zero-order chi connectivity index (χ0) is 23.7. The smallest absolute Gasteiger partial charge is 0.338 e. The van der Waals surface area contributed by atoms with Crippen LogP contribution in [-0.2, 0) is 9.53 Å². The average molecular weight is 662 g/mol. The summed E-state index contributed by atoms with van der Waals surface area (Å²) in [4.78, 5) is 33.4. The van der Waals surface area contributed by atoms with Crippen LogP contribution in [0.15, 0.2) is 24.3 Å².